The summed E-state index contributed by atoms with van der Waals surface area (Å²) in [6.07, 6.45) is 8.29. The summed E-state index contributed by atoms with van der Waals surface area (Å²) in [5.74, 6) is 0.908. The highest BCUT2D eigenvalue weighted by atomic mass is 15.3. The maximum Gasteiger partial charge on any atom is 0.158 e. The number of aromatic nitrogens is 2. The Morgan fingerprint density at radius 3 is 2.78 bits per heavy atom. The zero-order valence-electron chi connectivity index (χ0n) is 10.3. The van der Waals surface area contributed by atoms with Gasteiger partial charge in [0.1, 0.15) is 11.9 Å². The molecule has 0 spiro atoms. The van der Waals surface area contributed by atoms with Gasteiger partial charge in [0.25, 0.3) is 0 Å². The van der Waals surface area contributed by atoms with E-state index >= 15 is 0 Å². The zero-order chi connectivity index (χ0) is 12.4. The van der Waals surface area contributed by atoms with Gasteiger partial charge in [0, 0.05) is 18.6 Å². The van der Waals surface area contributed by atoms with E-state index in [4.69, 9.17) is 5.26 Å². The van der Waals surface area contributed by atoms with Crippen molar-refractivity contribution in [2.24, 2.45) is 0 Å². The summed E-state index contributed by atoms with van der Waals surface area (Å²) in [6, 6.07) is 3.20. The van der Waals surface area contributed by atoms with E-state index in [9.17, 15) is 0 Å². The van der Waals surface area contributed by atoms with Crippen molar-refractivity contribution in [3.63, 3.8) is 0 Å². The van der Waals surface area contributed by atoms with Crippen LogP contribution in [0.15, 0.2) is 12.4 Å². The van der Waals surface area contributed by atoms with E-state index < -0.39 is 0 Å². The minimum absolute atomic E-state index is 0.383. The molecule has 2 aliphatic rings. The van der Waals surface area contributed by atoms with Gasteiger partial charge in [-0.2, -0.15) is 5.26 Å². The van der Waals surface area contributed by atoms with Gasteiger partial charge < -0.3 is 10.2 Å². The van der Waals surface area contributed by atoms with E-state index in [2.05, 4.69) is 20.2 Å². The number of nitrogens with zero attached hydrogens (tertiary/aromatic N) is 4. The lowest BCUT2D eigenvalue weighted by Gasteiger charge is -2.26. The summed E-state index contributed by atoms with van der Waals surface area (Å²) >= 11 is 0. The second kappa shape index (κ2) is 4.91. The monoisotopic (exact) mass is 243 g/mol. The van der Waals surface area contributed by atoms with E-state index in [1.807, 2.05) is 6.07 Å². The van der Waals surface area contributed by atoms with Crippen LogP contribution in [0.2, 0.25) is 0 Å². The van der Waals surface area contributed by atoms with Crippen LogP contribution in [0.25, 0.3) is 0 Å². The molecule has 0 aromatic carbocycles. The lowest BCUT2D eigenvalue weighted by atomic mass is 10.2. The number of nitriles is 1. The molecule has 3 rings (SSSR count). The van der Waals surface area contributed by atoms with Crippen LogP contribution in [0, 0.1) is 11.3 Å². The van der Waals surface area contributed by atoms with Crippen molar-refractivity contribution < 1.29 is 0 Å². The van der Waals surface area contributed by atoms with Gasteiger partial charge in [-0.1, -0.05) is 0 Å². The van der Waals surface area contributed by atoms with Crippen molar-refractivity contribution in [3.05, 3.63) is 18.1 Å². The molecule has 1 N–H and O–H groups in total. The highest BCUT2D eigenvalue weighted by Gasteiger charge is 2.32. The van der Waals surface area contributed by atoms with Crippen molar-refractivity contribution in [1.82, 2.24) is 15.3 Å². The molecule has 5 heteroatoms. The van der Waals surface area contributed by atoms with E-state index in [0.717, 1.165) is 18.9 Å². The standard InChI is InChI=1S/C13H17N5/c14-6-11-7-17-13(8-16-11)18(12-3-4-12)9-10-2-1-5-15-10/h7-8,10,12,15H,1-5,9H2. The van der Waals surface area contributed by atoms with Gasteiger partial charge in [-0.15, -0.1) is 0 Å². The fourth-order valence-electron chi connectivity index (χ4n) is 2.49. The van der Waals surface area contributed by atoms with Crippen LogP contribution in [0.3, 0.4) is 0 Å². The smallest absolute Gasteiger partial charge is 0.158 e. The van der Waals surface area contributed by atoms with Gasteiger partial charge in [0.2, 0.25) is 0 Å². The normalized spacial score (nSPS) is 22.7. The molecule has 94 valence electrons. The Kier molecular flexibility index (Phi) is 3.11. The number of anilines is 1. The molecule has 1 atom stereocenters. The summed E-state index contributed by atoms with van der Waals surface area (Å²) < 4.78 is 0. The van der Waals surface area contributed by atoms with Gasteiger partial charge in [0.15, 0.2) is 5.69 Å². The lowest BCUT2D eigenvalue weighted by Crippen LogP contribution is -2.39. The Bertz CT molecular complexity index is 439. The first-order chi connectivity index (χ1) is 8.86. The zero-order valence-corrected chi connectivity index (χ0v) is 10.3. The lowest BCUT2D eigenvalue weighted by molar-refractivity contribution is 0.575. The Morgan fingerprint density at radius 2 is 2.22 bits per heavy atom. The SMILES string of the molecule is N#Cc1cnc(N(CC2CCCN2)C2CC2)cn1. The Balaban J connectivity index is 1.73. The van der Waals surface area contributed by atoms with Crippen LogP contribution < -0.4 is 10.2 Å². The van der Waals surface area contributed by atoms with E-state index in [1.165, 1.54) is 25.7 Å². The quantitative estimate of drug-likeness (QED) is 0.857. The summed E-state index contributed by atoms with van der Waals surface area (Å²) in [5, 5.41) is 12.3. The maximum atomic E-state index is 8.74. The van der Waals surface area contributed by atoms with E-state index in [0.29, 0.717) is 17.8 Å². The molecule has 2 heterocycles. The Hall–Kier alpha value is -1.67. The Morgan fingerprint density at radius 1 is 1.33 bits per heavy atom. The summed E-state index contributed by atoms with van der Waals surface area (Å²) in [7, 11) is 0. The molecule has 1 saturated heterocycles. The molecular formula is C13H17N5. The highest BCUT2D eigenvalue weighted by Crippen LogP contribution is 2.30. The van der Waals surface area contributed by atoms with Crippen molar-refractivity contribution in [1.29, 1.82) is 5.26 Å². The predicted molar refractivity (Wildman–Crippen MR) is 68.1 cm³/mol. The molecule has 1 aromatic heterocycles. The average Bonchev–Trinajstić information content (AvgIpc) is 3.13. The van der Waals surface area contributed by atoms with E-state index in [-0.39, 0.29) is 0 Å². The second-order valence-corrected chi connectivity index (χ2v) is 5.05. The predicted octanol–water partition coefficient (Wildman–Crippen LogP) is 1.07. The molecule has 1 aliphatic carbocycles. The van der Waals surface area contributed by atoms with Crippen LogP contribution in [0.1, 0.15) is 31.4 Å². The van der Waals surface area contributed by atoms with Gasteiger partial charge in [-0.25, -0.2) is 9.97 Å². The minimum Gasteiger partial charge on any atom is -0.351 e. The minimum atomic E-state index is 0.383. The van der Waals surface area contributed by atoms with Crippen molar-refractivity contribution in [2.75, 3.05) is 18.0 Å². The van der Waals surface area contributed by atoms with Crippen LogP contribution in [0.4, 0.5) is 5.82 Å². The topological polar surface area (TPSA) is 64.8 Å². The fourth-order valence-corrected chi connectivity index (χ4v) is 2.49. The van der Waals surface area contributed by atoms with Crippen LogP contribution in [-0.4, -0.2) is 35.1 Å². The molecule has 0 radical (unpaired) electrons. The number of nitrogens with one attached hydrogen (secondary N) is 1. The number of rotatable bonds is 4. The molecule has 0 bridgehead atoms. The largest absolute Gasteiger partial charge is 0.351 e. The van der Waals surface area contributed by atoms with Crippen LogP contribution in [-0.2, 0) is 0 Å². The third-order valence-corrected chi connectivity index (χ3v) is 3.61. The van der Waals surface area contributed by atoms with Crippen LogP contribution in [0.5, 0.6) is 0 Å². The first kappa shape index (κ1) is 11.4. The van der Waals surface area contributed by atoms with Crippen molar-refractivity contribution in [3.8, 4) is 6.07 Å². The molecule has 5 nitrogen and oxygen atoms in total. The highest BCUT2D eigenvalue weighted by molar-refractivity contribution is 5.40. The molecule has 0 amide bonds. The third kappa shape index (κ3) is 2.44. The van der Waals surface area contributed by atoms with Gasteiger partial charge >= 0.3 is 0 Å². The maximum absolute atomic E-state index is 8.74. The molecule has 1 aromatic rings. The van der Waals surface area contributed by atoms with Crippen molar-refractivity contribution >= 4 is 5.82 Å². The third-order valence-electron chi connectivity index (χ3n) is 3.61. The molecular weight excluding hydrogens is 226 g/mol. The van der Waals surface area contributed by atoms with Crippen molar-refractivity contribution in [2.45, 2.75) is 37.8 Å². The van der Waals surface area contributed by atoms with E-state index in [1.54, 1.807) is 12.4 Å². The summed E-state index contributed by atoms with van der Waals surface area (Å²) in [4.78, 5) is 10.8. The molecule has 1 unspecified atom stereocenters. The van der Waals surface area contributed by atoms with Gasteiger partial charge in [-0.3, -0.25) is 0 Å². The summed E-state index contributed by atoms with van der Waals surface area (Å²) in [5.41, 5.74) is 0.383. The van der Waals surface area contributed by atoms with Gasteiger partial charge in [-0.05, 0) is 32.2 Å². The first-order valence-corrected chi connectivity index (χ1v) is 6.59. The van der Waals surface area contributed by atoms with Gasteiger partial charge in [0.05, 0.1) is 12.4 Å². The average molecular weight is 243 g/mol. The first-order valence-electron chi connectivity index (χ1n) is 6.59. The molecule has 1 saturated carbocycles. The second-order valence-electron chi connectivity index (χ2n) is 5.05. The fraction of sp³-hybridized carbons (Fsp3) is 0.615. The molecule has 18 heavy (non-hydrogen) atoms. The Labute approximate surface area is 107 Å². The number of hydrogen-bond donors (Lipinski definition) is 1. The molecule has 2 fully saturated rings. The molecule has 1 aliphatic heterocycles. The number of hydrogen-bond acceptors (Lipinski definition) is 5. The van der Waals surface area contributed by atoms with Crippen LogP contribution >= 0.6 is 0 Å². The summed E-state index contributed by atoms with van der Waals surface area (Å²) in [6.45, 7) is 2.13.